The molecular formula is C8H16N4O2. The van der Waals surface area contributed by atoms with Crippen LogP contribution in [0.15, 0.2) is 0 Å². The maximum Gasteiger partial charge on any atom is 0.326 e. The second kappa shape index (κ2) is 3.93. The zero-order valence-corrected chi connectivity index (χ0v) is 8.25. The number of carbonyl (C=O) groups is 2. The van der Waals surface area contributed by atoms with Gasteiger partial charge >= 0.3 is 6.03 Å². The summed E-state index contributed by atoms with van der Waals surface area (Å²) in [5.74, 6) is -1.76. The van der Waals surface area contributed by atoms with E-state index in [0.29, 0.717) is 6.54 Å². The Morgan fingerprint density at radius 1 is 1.50 bits per heavy atom. The fourth-order valence-corrected chi connectivity index (χ4v) is 1.40. The summed E-state index contributed by atoms with van der Waals surface area (Å²) < 4.78 is 0. The van der Waals surface area contributed by atoms with Crippen molar-refractivity contribution in [1.29, 1.82) is 0 Å². The molecule has 1 aliphatic heterocycles. The second-order valence-corrected chi connectivity index (χ2v) is 3.53. The Hall–Kier alpha value is -1.14. The Morgan fingerprint density at radius 3 is 2.64 bits per heavy atom. The van der Waals surface area contributed by atoms with Gasteiger partial charge in [-0.05, 0) is 6.42 Å². The molecule has 1 saturated heterocycles. The van der Waals surface area contributed by atoms with Gasteiger partial charge in [0.1, 0.15) is 0 Å². The second-order valence-electron chi connectivity index (χ2n) is 3.53. The molecule has 0 aliphatic carbocycles. The van der Waals surface area contributed by atoms with E-state index in [1.54, 1.807) is 0 Å². The molecule has 0 aromatic heterocycles. The molecule has 6 nitrogen and oxygen atoms in total. The van der Waals surface area contributed by atoms with E-state index in [1.807, 2.05) is 6.92 Å². The first-order valence-electron chi connectivity index (χ1n) is 4.66. The van der Waals surface area contributed by atoms with Crippen molar-refractivity contribution in [2.24, 2.45) is 11.5 Å². The summed E-state index contributed by atoms with van der Waals surface area (Å²) in [5, 5.41) is 2.18. The van der Waals surface area contributed by atoms with E-state index in [9.17, 15) is 9.59 Å². The monoisotopic (exact) mass is 200 g/mol. The van der Waals surface area contributed by atoms with Gasteiger partial charge in [0.15, 0.2) is 5.79 Å². The van der Waals surface area contributed by atoms with Crippen molar-refractivity contribution in [3.63, 3.8) is 0 Å². The predicted molar refractivity (Wildman–Crippen MR) is 50.9 cm³/mol. The summed E-state index contributed by atoms with van der Waals surface area (Å²) in [5.41, 5.74) is 11.3. The largest absolute Gasteiger partial charge is 0.326 e. The highest BCUT2D eigenvalue weighted by Gasteiger charge is 2.39. The first-order chi connectivity index (χ1) is 6.47. The molecule has 1 fully saturated rings. The molecule has 0 radical (unpaired) electrons. The van der Waals surface area contributed by atoms with Crippen molar-refractivity contribution in [2.75, 3.05) is 6.54 Å². The normalized spacial score (nSPS) is 20.9. The van der Waals surface area contributed by atoms with E-state index in [0.717, 1.165) is 12.8 Å². The first kappa shape index (κ1) is 10.9. The van der Waals surface area contributed by atoms with Crippen molar-refractivity contribution >= 4 is 11.9 Å². The lowest BCUT2D eigenvalue weighted by Crippen LogP contribution is -2.72. The van der Waals surface area contributed by atoms with Gasteiger partial charge in [0, 0.05) is 6.54 Å². The smallest absolute Gasteiger partial charge is 0.296 e. The van der Waals surface area contributed by atoms with Gasteiger partial charge in [0.25, 0.3) is 0 Å². The quantitative estimate of drug-likeness (QED) is 0.524. The highest BCUT2D eigenvalue weighted by atomic mass is 16.2. The highest BCUT2D eigenvalue weighted by Crippen LogP contribution is 2.13. The molecule has 0 aromatic rings. The van der Waals surface area contributed by atoms with Crippen LogP contribution in [0, 0.1) is 0 Å². The van der Waals surface area contributed by atoms with Crippen molar-refractivity contribution in [3.8, 4) is 0 Å². The van der Waals surface area contributed by atoms with Crippen LogP contribution in [0.4, 0.5) is 4.79 Å². The van der Waals surface area contributed by atoms with Crippen LogP contribution in [-0.4, -0.2) is 29.2 Å². The molecule has 0 saturated carbocycles. The van der Waals surface area contributed by atoms with Gasteiger partial charge in [-0.25, -0.2) is 4.79 Å². The minimum Gasteiger partial charge on any atom is -0.296 e. The topological polar surface area (TPSA) is 101 Å². The Bertz CT molecular complexity index is 252. The lowest BCUT2D eigenvalue weighted by molar-refractivity contribution is -0.125. The van der Waals surface area contributed by atoms with E-state index in [1.165, 1.54) is 4.90 Å². The molecule has 14 heavy (non-hydrogen) atoms. The molecule has 0 bridgehead atoms. The summed E-state index contributed by atoms with van der Waals surface area (Å²) in [4.78, 5) is 23.7. The van der Waals surface area contributed by atoms with Crippen LogP contribution in [0.3, 0.4) is 0 Å². The van der Waals surface area contributed by atoms with Crippen LogP contribution >= 0.6 is 0 Å². The maximum absolute atomic E-state index is 11.4. The minimum absolute atomic E-state index is 0.0531. The number of carbonyl (C=O) groups excluding carboxylic acids is 2. The molecule has 0 spiro atoms. The van der Waals surface area contributed by atoms with E-state index >= 15 is 0 Å². The van der Waals surface area contributed by atoms with Crippen molar-refractivity contribution in [2.45, 2.75) is 32.0 Å². The molecule has 3 amide bonds. The SMILES string of the molecule is CCCCN1C(=O)NC(=O)CC1(N)N. The minimum atomic E-state index is -1.34. The molecule has 80 valence electrons. The standard InChI is InChI=1S/C8H16N4O2/c1-2-3-4-12-7(14)11-6(13)5-8(12,9)10/h2-5,9-10H2,1H3,(H,11,13,14). The molecule has 1 heterocycles. The fourth-order valence-electron chi connectivity index (χ4n) is 1.40. The third-order valence-electron chi connectivity index (χ3n) is 2.17. The van der Waals surface area contributed by atoms with Crippen LogP contribution in [-0.2, 0) is 4.79 Å². The Labute approximate surface area is 82.6 Å². The van der Waals surface area contributed by atoms with E-state index in [2.05, 4.69) is 5.32 Å². The summed E-state index contributed by atoms with van der Waals surface area (Å²) in [6.45, 7) is 2.48. The van der Waals surface area contributed by atoms with Gasteiger partial charge in [-0.3, -0.25) is 26.5 Å². The Morgan fingerprint density at radius 2 is 2.14 bits per heavy atom. The third-order valence-corrected chi connectivity index (χ3v) is 2.17. The average molecular weight is 200 g/mol. The van der Waals surface area contributed by atoms with Crippen LogP contribution in [0.1, 0.15) is 26.2 Å². The predicted octanol–water partition coefficient (Wildman–Crippen LogP) is -0.700. The summed E-state index contributed by atoms with van der Waals surface area (Å²) >= 11 is 0. The van der Waals surface area contributed by atoms with E-state index < -0.39 is 17.7 Å². The number of unbranched alkanes of at least 4 members (excludes halogenated alkanes) is 1. The molecule has 6 heteroatoms. The van der Waals surface area contributed by atoms with Gasteiger partial charge in [-0.2, -0.15) is 0 Å². The summed E-state index contributed by atoms with van der Waals surface area (Å²) in [6.07, 6.45) is 1.70. The molecular weight excluding hydrogens is 184 g/mol. The zero-order chi connectivity index (χ0) is 10.8. The van der Waals surface area contributed by atoms with E-state index in [-0.39, 0.29) is 6.42 Å². The maximum atomic E-state index is 11.4. The molecule has 1 rings (SSSR count). The Balaban J connectivity index is 2.69. The Kier molecular flexibility index (Phi) is 3.07. The van der Waals surface area contributed by atoms with Crippen LogP contribution in [0.5, 0.6) is 0 Å². The van der Waals surface area contributed by atoms with Gasteiger partial charge in [0.05, 0.1) is 6.42 Å². The van der Waals surface area contributed by atoms with Crippen molar-refractivity contribution < 1.29 is 9.59 Å². The number of nitrogens with zero attached hydrogens (tertiary/aromatic N) is 1. The van der Waals surface area contributed by atoms with Gasteiger partial charge in [-0.1, -0.05) is 13.3 Å². The number of nitrogens with one attached hydrogen (secondary N) is 1. The molecule has 0 aromatic carbocycles. The first-order valence-corrected chi connectivity index (χ1v) is 4.66. The fraction of sp³-hybridized carbons (Fsp3) is 0.750. The van der Waals surface area contributed by atoms with Gasteiger partial charge in [0.2, 0.25) is 5.91 Å². The number of hydrogen-bond donors (Lipinski definition) is 3. The number of urea groups is 1. The zero-order valence-electron chi connectivity index (χ0n) is 8.25. The number of nitrogens with two attached hydrogens (primary N) is 2. The number of imide groups is 1. The third kappa shape index (κ3) is 2.21. The lowest BCUT2D eigenvalue weighted by atomic mass is 10.1. The van der Waals surface area contributed by atoms with E-state index in [4.69, 9.17) is 11.5 Å². The number of hydrogen-bond acceptors (Lipinski definition) is 4. The van der Waals surface area contributed by atoms with Crippen LogP contribution < -0.4 is 16.8 Å². The molecule has 0 atom stereocenters. The van der Waals surface area contributed by atoms with Crippen LogP contribution in [0.2, 0.25) is 0 Å². The highest BCUT2D eigenvalue weighted by molar-refractivity contribution is 5.97. The number of rotatable bonds is 3. The molecule has 0 unspecified atom stereocenters. The van der Waals surface area contributed by atoms with Crippen LogP contribution in [0.25, 0.3) is 0 Å². The van der Waals surface area contributed by atoms with Gasteiger partial charge in [-0.15, -0.1) is 0 Å². The van der Waals surface area contributed by atoms with Crippen molar-refractivity contribution in [1.82, 2.24) is 10.2 Å². The molecule has 5 N–H and O–H groups in total. The number of amides is 3. The average Bonchev–Trinajstić information content (AvgIpc) is 2.00. The lowest BCUT2D eigenvalue weighted by Gasteiger charge is -2.40. The summed E-state index contributed by atoms with van der Waals surface area (Å²) in [7, 11) is 0. The van der Waals surface area contributed by atoms with Crippen molar-refractivity contribution in [3.05, 3.63) is 0 Å². The molecule has 1 aliphatic rings. The summed E-state index contributed by atoms with van der Waals surface area (Å²) in [6, 6.07) is -0.500. The van der Waals surface area contributed by atoms with Gasteiger partial charge < -0.3 is 0 Å².